The van der Waals surface area contributed by atoms with Gasteiger partial charge in [-0.2, -0.15) is 0 Å². The molecule has 1 fully saturated rings. The van der Waals surface area contributed by atoms with E-state index in [9.17, 15) is 0 Å². The Balaban J connectivity index is 2.26. The molecule has 11 heavy (non-hydrogen) atoms. The Labute approximate surface area is 71.4 Å². The molecule has 0 spiro atoms. The molecular weight excluding hydrogens is 132 g/mol. The van der Waals surface area contributed by atoms with Crippen molar-refractivity contribution in [2.75, 3.05) is 0 Å². The molecule has 0 atom stereocenters. The highest BCUT2D eigenvalue weighted by molar-refractivity contribution is 4.91. The van der Waals surface area contributed by atoms with Gasteiger partial charge in [0.1, 0.15) is 0 Å². The molecule has 0 aromatic carbocycles. The second-order valence-electron chi connectivity index (χ2n) is 4.87. The van der Waals surface area contributed by atoms with Gasteiger partial charge in [0.05, 0.1) is 0 Å². The highest BCUT2D eigenvalue weighted by Gasteiger charge is 2.41. The smallest absolute Gasteiger partial charge is 0.0298 e. The second kappa shape index (κ2) is 3.16. The minimum atomic E-state index is 0.694. The Bertz CT molecular complexity index is 118. The molecule has 0 bridgehead atoms. The van der Waals surface area contributed by atoms with E-state index in [1.165, 1.54) is 25.7 Å². The van der Waals surface area contributed by atoms with Crippen LogP contribution in [-0.4, -0.2) is 0 Å². The van der Waals surface area contributed by atoms with Gasteiger partial charge in [-0.1, -0.05) is 40.5 Å². The molecule has 66 valence electrons. The van der Waals surface area contributed by atoms with Crippen LogP contribution >= 0.6 is 0 Å². The van der Waals surface area contributed by atoms with E-state index in [-0.39, 0.29) is 0 Å². The summed E-state index contributed by atoms with van der Waals surface area (Å²) in [5.41, 5.74) is 0.694. The molecule has 0 saturated heterocycles. The summed E-state index contributed by atoms with van der Waals surface area (Å²) >= 11 is 0. The van der Waals surface area contributed by atoms with Gasteiger partial charge in [0.25, 0.3) is 0 Å². The van der Waals surface area contributed by atoms with Gasteiger partial charge in [-0.3, -0.25) is 0 Å². The fourth-order valence-electron chi connectivity index (χ4n) is 2.34. The highest BCUT2D eigenvalue weighted by Crippen LogP contribution is 2.51. The van der Waals surface area contributed by atoms with Gasteiger partial charge in [0.15, 0.2) is 0 Å². The highest BCUT2D eigenvalue weighted by atomic mass is 14.5. The normalized spacial score (nSPS) is 37.4. The van der Waals surface area contributed by atoms with E-state index in [1.54, 1.807) is 0 Å². The van der Waals surface area contributed by atoms with E-state index in [0.717, 1.165) is 11.8 Å². The lowest BCUT2D eigenvalue weighted by molar-refractivity contribution is 0.0207. The van der Waals surface area contributed by atoms with E-state index in [0.29, 0.717) is 5.41 Å². The summed E-state index contributed by atoms with van der Waals surface area (Å²) in [5.74, 6) is 1.95. The summed E-state index contributed by atoms with van der Waals surface area (Å²) < 4.78 is 0. The maximum absolute atomic E-state index is 2.45. The Hall–Kier alpha value is 0. The van der Waals surface area contributed by atoms with Crippen LogP contribution in [0.15, 0.2) is 0 Å². The lowest BCUT2D eigenvalue weighted by atomic mass is 9.57. The van der Waals surface area contributed by atoms with Crippen molar-refractivity contribution in [1.29, 1.82) is 0 Å². The SMILES string of the molecule is CCCC1CC(C)(C(C)C)C1. The van der Waals surface area contributed by atoms with Crippen molar-refractivity contribution in [2.45, 2.75) is 53.4 Å². The summed E-state index contributed by atoms with van der Waals surface area (Å²) in [6.07, 6.45) is 5.80. The number of hydrogen-bond acceptors (Lipinski definition) is 0. The largest absolute Gasteiger partial charge is 0.0654 e. The molecule has 0 heterocycles. The molecule has 0 aromatic rings. The minimum absolute atomic E-state index is 0.694. The van der Waals surface area contributed by atoms with Crippen molar-refractivity contribution in [1.82, 2.24) is 0 Å². The van der Waals surface area contributed by atoms with Crippen LogP contribution in [0.4, 0.5) is 0 Å². The molecule has 0 nitrogen and oxygen atoms in total. The summed E-state index contributed by atoms with van der Waals surface area (Å²) in [6.45, 7) is 9.47. The zero-order valence-corrected chi connectivity index (χ0v) is 8.48. The van der Waals surface area contributed by atoms with Crippen molar-refractivity contribution in [2.24, 2.45) is 17.3 Å². The minimum Gasteiger partial charge on any atom is -0.0654 e. The summed E-state index contributed by atoms with van der Waals surface area (Å²) in [7, 11) is 0. The van der Waals surface area contributed by atoms with Crippen LogP contribution in [-0.2, 0) is 0 Å². The second-order valence-corrected chi connectivity index (χ2v) is 4.87. The van der Waals surface area contributed by atoms with Crippen molar-refractivity contribution in [3.05, 3.63) is 0 Å². The van der Waals surface area contributed by atoms with Crippen LogP contribution in [0.25, 0.3) is 0 Å². The Morgan fingerprint density at radius 1 is 1.36 bits per heavy atom. The fraction of sp³-hybridized carbons (Fsp3) is 1.00. The van der Waals surface area contributed by atoms with Crippen LogP contribution in [0.1, 0.15) is 53.4 Å². The number of rotatable bonds is 3. The van der Waals surface area contributed by atoms with Gasteiger partial charge in [0.2, 0.25) is 0 Å². The zero-order chi connectivity index (χ0) is 8.48. The topological polar surface area (TPSA) is 0 Å². The average molecular weight is 154 g/mol. The molecule has 0 heteroatoms. The first-order valence-electron chi connectivity index (χ1n) is 5.08. The monoisotopic (exact) mass is 154 g/mol. The predicted octanol–water partition coefficient (Wildman–Crippen LogP) is 3.86. The summed E-state index contributed by atoms with van der Waals surface area (Å²) in [5, 5.41) is 0. The van der Waals surface area contributed by atoms with Crippen LogP contribution in [0.5, 0.6) is 0 Å². The fourth-order valence-corrected chi connectivity index (χ4v) is 2.34. The van der Waals surface area contributed by atoms with E-state index in [4.69, 9.17) is 0 Å². The molecule has 0 aromatic heterocycles. The van der Waals surface area contributed by atoms with Gasteiger partial charge in [0, 0.05) is 0 Å². The van der Waals surface area contributed by atoms with Gasteiger partial charge < -0.3 is 0 Å². The molecular formula is C11H22. The standard InChI is InChI=1S/C11H22/c1-5-6-10-7-11(4,8-10)9(2)3/h9-10H,5-8H2,1-4H3. The summed E-state index contributed by atoms with van der Waals surface area (Å²) in [4.78, 5) is 0. The molecule has 0 N–H and O–H groups in total. The molecule has 1 aliphatic carbocycles. The van der Waals surface area contributed by atoms with E-state index in [1.807, 2.05) is 0 Å². The third-order valence-corrected chi connectivity index (χ3v) is 3.60. The third-order valence-electron chi connectivity index (χ3n) is 3.60. The number of hydrogen-bond donors (Lipinski definition) is 0. The third kappa shape index (κ3) is 1.77. The Kier molecular flexibility index (Phi) is 2.61. The Morgan fingerprint density at radius 2 is 1.91 bits per heavy atom. The van der Waals surface area contributed by atoms with Crippen LogP contribution < -0.4 is 0 Å². The molecule has 1 saturated carbocycles. The quantitative estimate of drug-likeness (QED) is 0.579. The van der Waals surface area contributed by atoms with Gasteiger partial charge in [-0.05, 0) is 30.1 Å². The van der Waals surface area contributed by atoms with Crippen molar-refractivity contribution >= 4 is 0 Å². The van der Waals surface area contributed by atoms with E-state index >= 15 is 0 Å². The van der Waals surface area contributed by atoms with Gasteiger partial charge in [-0.25, -0.2) is 0 Å². The molecule has 1 aliphatic rings. The maximum atomic E-state index is 2.45. The van der Waals surface area contributed by atoms with Gasteiger partial charge >= 0.3 is 0 Å². The maximum Gasteiger partial charge on any atom is -0.0298 e. The van der Waals surface area contributed by atoms with E-state index < -0.39 is 0 Å². The zero-order valence-electron chi connectivity index (χ0n) is 8.48. The molecule has 0 unspecified atom stereocenters. The first kappa shape index (κ1) is 9.09. The molecule has 0 radical (unpaired) electrons. The van der Waals surface area contributed by atoms with Crippen molar-refractivity contribution in [3.63, 3.8) is 0 Å². The molecule has 0 amide bonds. The van der Waals surface area contributed by atoms with Crippen molar-refractivity contribution in [3.8, 4) is 0 Å². The Morgan fingerprint density at radius 3 is 2.27 bits per heavy atom. The van der Waals surface area contributed by atoms with Crippen LogP contribution in [0.3, 0.4) is 0 Å². The molecule has 1 rings (SSSR count). The lowest BCUT2D eigenvalue weighted by Crippen LogP contribution is -2.38. The summed E-state index contributed by atoms with van der Waals surface area (Å²) in [6, 6.07) is 0. The molecule has 0 aliphatic heterocycles. The first-order chi connectivity index (χ1) is 5.08. The van der Waals surface area contributed by atoms with Crippen LogP contribution in [0.2, 0.25) is 0 Å². The average Bonchev–Trinajstić information content (AvgIpc) is 1.84. The van der Waals surface area contributed by atoms with Crippen LogP contribution in [0, 0.1) is 17.3 Å². The predicted molar refractivity (Wildman–Crippen MR) is 50.6 cm³/mol. The van der Waals surface area contributed by atoms with E-state index in [2.05, 4.69) is 27.7 Å². The van der Waals surface area contributed by atoms with Crippen molar-refractivity contribution < 1.29 is 0 Å². The lowest BCUT2D eigenvalue weighted by Gasteiger charge is -2.48. The first-order valence-corrected chi connectivity index (χ1v) is 5.08. The van der Waals surface area contributed by atoms with Gasteiger partial charge in [-0.15, -0.1) is 0 Å².